The molecule has 0 spiro atoms. The molecule has 0 aliphatic heterocycles. The zero-order valence-corrected chi connectivity index (χ0v) is 14.8. The first-order chi connectivity index (χ1) is 12.7. The lowest BCUT2D eigenvalue weighted by Crippen LogP contribution is -2.34. The molecule has 27 heavy (non-hydrogen) atoms. The third-order valence-electron chi connectivity index (χ3n) is 4.59. The summed E-state index contributed by atoms with van der Waals surface area (Å²) < 4.78 is 38.7. The van der Waals surface area contributed by atoms with Gasteiger partial charge in [0, 0.05) is 29.0 Å². The normalized spacial score (nSPS) is 20.3. The minimum atomic E-state index is -4.28. The average molecular weight is 399 g/mol. The summed E-state index contributed by atoms with van der Waals surface area (Å²) in [5.41, 5.74) is 0.901. The topological polar surface area (TPSA) is 85.1 Å². The number of nitro benzene ring substituents is 1. The lowest BCUT2D eigenvalue weighted by atomic mass is 9.80. The second-order valence-electron chi connectivity index (χ2n) is 6.44. The standard InChI is InChI=1S/C17H16F3N3O3S/c18-17(19,20)12-5-1-4-11(7-12)15(24)22-16-21-14(9-27-16)10-3-2-6-13(8-10)23(25)26/h2-3,6,8-9,11-12H,1,4-5,7H2,(H,21,22,24). The first-order valence-electron chi connectivity index (χ1n) is 8.32. The third kappa shape index (κ3) is 4.62. The van der Waals surface area contributed by atoms with Gasteiger partial charge in [-0.3, -0.25) is 14.9 Å². The number of halogens is 3. The van der Waals surface area contributed by atoms with Crippen LogP contribution in [0.1, 0.15) is 25.7 Å². The van der Waals surface area contributed by atoms with Crippen LogP contribution in [0.3, 0.4) is 0 Å². The molecule has 2 unspecified atom stereocenters. The Morgan fingerprint density at radius 1 is 1.33 bits per heavy atom. The van der Waals surface area contributed by atoms with Gasteiger partial charge in [-0.05, 0) is 19.3 Å². The van der Waals surface area contributed by atoms with Crippen molar-refractivity contribution in [2.45, 2.75) is 31.9 Å². The van der Waals surface area contributed by atoms with Crippen molar-refractivity contribution in [1.29, 1.82) is 0 Å². The van der Waals surface area contributed by atoms with Gasteiger partial charge in [-0.2, -0.15) is 13.2 Å². The predicted octanol–water partition coefficient (Wildman–Crippen LogP) is 5.03. The highest BCUT2D eigenvalue weighted by molar-refractivity contribution is 7.14. The van der Waals surface area contributed by atoms with E-state index in [1.165, 1.54) is 18.2 Å². The molecular weight excluding hydrogens is 383 g/mol. The number of alkyl halides is 3. The van der Waals surface area contributed by atoms with E-state index in [9.17, 15) is 28.1 Å². The van der Waals surface area contributed by atoms with Gasteiger partial charge in [-0.15, -0.1) is 11.3 Å². The fourth-order valence-electron chi connectivity index (χ4n) is 3.18. The summed E-state index contributed by atoms with van der Waals surface area (Å²) in [7, 11) is 0. The summed E-state index contributed by atoms with van der Waals surface area (Å²) in [6, 6.07) is 5.92. The van der Waals surface area contributed by atoms with Crippen LogP contribution in [-0.4, -0.2) is 22.0 Å². The number of hydrogen-bond acceptors (Lipinski definition) is 5. The summed E-state index contributed by atoms with van der Waals surface area (Å²) in [6.45, 7) is 0. The molecule has 1 fully saturated rings. The van der Waals surface area contributed by atoms with Crippen molar-refractivity contribution in [3.8, 4) is 11.3 Å². The van der Waals surface area contributed by atoms with E-state index in [-0.39, 0.29) is 23.7 Å². The van der Waals surface area contributed by atoms with Crippen LogP contribution >= 0.6 is 11.3 Å². The van der Waals surface area contributed by atoms with E-state index >= 15 is 0 Å². The number of nitrogens with zero attached hydrogens (tertiary/aromatic N) is 2. The van der Waals surface area contributed by atoms with Crippen molar-refractivity contribution in [3.63, 3.8) is 0 Å². The molecule has 1 heterocycles. The van der Waals surface area contributed by atoms with Crippen LogP contribution in [0.15, 0.2) is 29.6 Å². The van der Waals surface area contributed by atoms with Gasteiger partial charge in [0.05, 0.1) is 16.5 Å². The molecule has 1 aromatic heterocycles. The van der Waals surface area contributed by atoms with Gasteiger partial charge >= 0.3 is 6.18 Å². The number of amides is 1. The summed E-state index contributed by atoms with van der Waals surface area (Å²) in [5.74, 6) is -2.61. The highest BCUT2D eigenvalue weighted by Gasteiger charge is 2.43. The van der Waals surface area contributed by atoms with E-state index < -0.39 is 28.8 Å². The van der Waals surface area contributed by atoms with Crippen molar-refractivity contribution in [2.75, 3.05) is 5.32 Å². The number of anilines is 1. The van der Waals surface area contributed by atoms with Crippen LogP contribution in [-0.2, 0) is 4.79 Å². The molecule has 1 N–H and O–H groups in total. The molecule has 0 radical (unpaired) electrons. The van der Waals surface area contributed by atoms with Crippen molar-refractivity contribution < 1.29 is 22.9 Å². The Morgan fingerprint density at radius 2 is 2.11 bits per heavy atom. The van der Waals surface area contributed by atoms with E-state index in [4.69, 9.17) is 0 Å². The third-order valence-corrected chi connectivity index (χ3v) is 5.35. The van der Waals surface area contributed by atoms with E-state index in [1.807, 2.05) is 0 Å². The maximum Gasteiger partial charge on any atom is 0.391 e. The lowest BCUT2D eigenvalue weighted by molar-refractivity contribution is -0.384. The molecule has 144 valence electrons. The summed E-state index contributed by atoms with van der Waals surface area (Å²) in [5, 5.41) is 15.3. The smallest absolute Gasteiger partial charge is 0.302 e. The number of benzene rings is 1. The highest BCUT2D eigenvalue weighted by Crippen LogP contribution is 2.40. The van der Waals surface area contributed by atoms with Crippen LogP contribution < -0.4 is 5.32 Å². The molecule has 1 aliphatic carbocycles. The molecule has 1 amide bonds. The summed E-state index contributed by atoms with van der Waals surface area (Å²) in [6.07, 6.45) is -3.66. The van der Waals surface area contributed by atoms with Gasteiger partial charge in [0.1, 0.15) is 0 Å². The Hall–Kier alpha value is -2.49. The number of hydrogen-bond donors (Lipinski definition) is 1. The largest absolute Gasteiger partial charge is 0.391 e. The van der Waals surface area contributed by atoms with Crippen LogP contribution in [0.5, 0.6) is 0 Å². The van der Waals surface area contributed by atoms with Crippen molar-refractivity contribution in [3.05, 3.63) is 39.8 Å². The fourth-order valence-corrected chi connectivity index (χ4v) is 3.90. The number of thiazole rings is 1. The van der Waals surface area contributed by atoms with Crippen LogP contribution in [0.2, 0.25) is 0 Å². The van der Waals surface area contributed by atoms with Gasteiger partial charge in [-0.1, -0.05) is 18.6 Å². The molecule has 1 aliphatic rings. The molecule has 10 heteroatoms. The van der Waals surface area contributed by atoms with Crippen LogP contribution in [0, 0.1) is 22.0 Å². The minimum Gasteiger partial charge on any atom is -0.302 e. The van der Waals surface area contributed by atoms with E-state index in [2.05, 4.69) is 10.3 Å². The summed E-state index contributed by atoms with van der Waals surface area (Å²) >= 11 is 1.12. The molecule has 3 rings (SSSR count). The Labute approximate surface area is 156 Å². The van der Waals surface area contributed by atoms with Gasteiger partial charge < -0.3 is 5.32 Å². The molecule has 2 atom stereocenters. The Morgan fingerprint density at radius 3 is 2.81 bits per heavy atom. The van der Waals surface area contributed by atoms with Crippen molar-refractivity contribution in [2.24, 2.45) is 11.8 Å². The Kier molecular flexibility index (Phi) is 5.45. The van der Waals surface area contributed by atoms with Crippen LogP contribution in [0.25, 0.3) is 11.3 Å². The highest BCUT2D eigenvalue weighted by atomic mass is 32.1. The monoisotopic (exact) mass is 399 g/mol. The average Bonchev–Trinajstić information content (AvgIpc) is 3.09. The first-order valence-corrected chi connectivity index (χ1v) is 9.20. The molecule has 1 aromatic carbocycles. The minimum absolute atomic E-state index is 0.0570. The van der Waals surface area contributed by atoms with Crippen LogP contribution in [0.4, 0.5) is 24.0 Å². The number of rotatable bonds is 4. The van der Waals surface area contributed by atoms with Gasteiger partial charge in [0.2, 0.25) is 5.91 Å². The van der Waals surface area contributed by atoms with E-state index in [0.29, 0.717) is 24.1 Å². The first kappa shape index (κ1) is 19.3. The predicted molar refractivity (Wildman–Crippen MR) is 94.3 cm³/mol. The summed E-state index contributed by atoms with van der Waals surface area (Å²) in [4.78, 5) is 26.9. The molecule has 0 bridgehead atoms. The maximum atomic E-state index is 12.9. The number of aromatic nitrogens is 1. The zero-order valence-electron chi connectivity index (χ0n) is 14.0. The van der Waals surface area contributed by atoms with E-state index in [1.54, 1.807) is 11.4 Å². The van der Waals surface area contributed by atoms with Gasteiger partial charge in [-0.25, -0.2) is 4.98 Å². The number of nitro groups is 1. The van der Waals surface area contributed by atoms with Crippen molar-refractivity contribution >= 4 is 28.1 Å². The van der Waals surface area contributed by atoms with Gasteiger partial charge in [0.15, 0.2) is 5.13 Å². The number of nitrogens with one attached hydrogen (secondary N) is 1. The second-order valence-corrected chi connectivity index (χ2v) is 7.29. The molecule has 6 nitrogen and oxygen atoms in total. The number of non-ortho nitro benzene ring substituents is 1. The van der Waals surface area contributed by atoms with Gasteiger partial charge in [0.25, 0.3) is 5.69 Å². The number of carbonyl (C=O) groups is 1. The Balaban J connectivity index is 1.68. The molecular formula is C17H16F3N3O3S. The van der Waals surface area contributed by atoms with E-state index in [0.717, 1.165) is 11.3 Å². The fraction of sp³-hybridized carbons (Fsp3) is 0.412. The Bertz CT molecular complexity index is 853. The maximum absolute atomic E-state index is 12.9. The lowest BCUT2D eigenvalue weighted by Gasteiger charge is -2.29. The second kappa shape index (κ2) is 7.63. The zero-order chi connectivity index (χ0) is 19.6. The van der Waals surface area contributed by atoms with Crippen molar-refractivity contribution in [1.82, 2.24) is 4.98 Å². The quantitative estimate of drug-likeness (QED) is 0.577. The molecule has 2 aromatic rings. The number of carbonyl (C=O) groups excluding carboxylic acids is 1. The SMILES string of the molecule is O=C(Nc1nc(-c2cccc([N+](=O)[O-])c2)cs1)C1CCCC(C(F)(F)F)C1. The molecule has 0 saturated heterocycles. The molecule has 1 saturated carbocycles.